The Balaban J connectivity index is 1.75. The van der Waals surface area contributed by atoms with Crippen LogP contribution in [0.4, 0.5) is 11.4 Å². The van der Waals surface area contributed by atoms with E-state index in [1.54, 1.807) is 6.07 Å². The zero-order valence-corrected chi connectivity index (χ0v) is 14.6. The van der Waals surface area contributed by atoms with Gasteiger partial charge in [0.1, 0.15) is 0 Å². The first-order chi connectivity index (χ1) is 11.7. The predicted molar refractivity (Wildman–Crippen MR) is 97.2 cm³/mol. The number of benzene rings is 1. The lowest BCUT2D eigenvalue weighted by Crippen LogP contribution is -2.26. The standard InChI is InChI=1S/C18H20ClN5/c1-12(20-2)13-5-7-14(8-6-13)23-9-3-4-15-16(23)11-21-18-10-17(19)22-24(15)18/h5-8,10-12,20H,3-4,9H2,1-2H3/t12-/m1/s1. The lowest BCUT2D eigenvalue weighted by molar-refractivity contribution is 0.652. The third kappa shape index (κ3) is 2.54. The van der Waals surface area contributed by atoms with Crippen LogP contribution in [0, 0.1) is 0 Å². The molecule has 0 radical (unpaired) electrons. The smallest absolute Gasteiger partial charge is 0.156 e. The second-order valence-electron chi connectivity index (χ2n) is 6.18. The summed E-state index contributed by atoms with van der Waals surface area (Å²) in [5.41, 5.74) is 5.56. The van der Waals surface area contributed by atoms with Gasteiger partial charge in [-0.15, -0.1) is 0 Å². The highest BCUT2D eigenvalue weighted by molar-refractivity contribution is 6.29. The molecule has 0 saturated carbocycles. The van der Waals surface area contributed by atoms with E-state index < -0.39 is 0 Å². The first-order valence-corrected chi connectivity index (χ1v) is 8.63. The van der Waals surface area contributed by atoms with E-state index in [1.165, 1.54) is 16.9 Å². The summed E-state index contributed by atoms with van der Waals surface area (Å²) in [5.74, 6) is 0. The number of halogens is 1. The number of aromatic nitrogens is 3. The Kier molecular flexibility index (Phi) is 3.90. The zero-order chi connectivity index (χ0) is 16.7. The molecule has 1 aliphatic rings. The summed E-state index contributed by atoms with van der Waals surface area (Å²) in [4.78, 5) is 6.83. The summed E-state index contributed by atoms with van der Waals surface area (Å²) in [7, 11) is 1.98. The number of hydrogen-bond donors (Lipinski definition) is 1. The zero-order valence-electron chi connectivity index (χ0n) is 13.8. The maximum atomic E-state index is 6.05. The Bertz CT molecular complexity index is 871. The van der Waals surface area contributed by atoms with Gasteiger partial charge >= 0.3 is 0 Å². The van der Waals surface area contributed by atoms with E-state index in [-0.39, 0.29) is 0 Å². The van der Waals surface area contributed by atoms with Crippen molar-refractivity contribution in [3.05, 3.63) is 52.9 Å². The van der Waals surface area contributed by atoms with Crippen molar-refractivity contribution in [2.45, 2.75) is 25.8 Å². The molecule has 1 atom stereocenters. The molecule has 1 aliphatic heterocycles. The second-order valence-corrected chi connectivity index (χ2v) is 6.57. The molecule has 0 saturated heterocycles. The molecule has 3 heterocycles. The first kappa shape index (κ1) is 15.4. The number of aryl methyl sites for hydroxylation is 1. The van der Waals surface area contributed by atoms with Gasteiger partial charge < -0.3 is 10.2 Å². The van der Waals surface area contributed by atoms with Crippen molar-refractivity contribution in [3.8, 4) is 0 Å². The first-order valence-electron chi connectivity index (χ1n) is 8.25. The quantitative estimate of drug-likeness (QED) is 0.788. The van der Waals surface area contributed by atoms with Gasteiger partial charge in [-0.05, 0) is 44.5 Å². The van der Waals surface area contributed by atoms with Crippen LogP contribution in [-0.2, 0) is 6.42 Å². The Morgan fingerprint density at radius 3 is 2.79 bits per heavy atom. The minimum atomic E-state index is 0.347. The fourth-order valence-corrected chi connectivity index (χ4v) is 3.48. The van der Waals surface area contributed by atoms with Crippen molar-refractivity contribution < 1.29 is 0 Å². The minimum absolute atomic E-state index is 0.347. The molecule has 4 rings (SSSR count). The van der Waals surface area contributed by atoms with E-state index in [2.05, 4.69) is 51.5 Å². The summed E-state index contributed by atoms with van der Waals surface area (Å²) in [6.07, 6.45) is 4.00. The molecule has 0 amide bonds. The average molecular weight is 342 g/mol. The van der Waals surface area contributed by atoms with Crippen LogP contribution in [0.2, 0.25) is 5.15 Å². The Morgan fingerprint density at radius 2 is 2.04 bits per heavy atom. The van der Waals surface area contributed by atoms with Gasteiger partial charge in [-0.25, -0.2) is 9.50 Å². The van der Waals surface area contributed by atoms with Crippen molar-refractivity contribution in [2.24, 2.45) is 0 Å². The van der Waals surface area contributed by atoms with E-state index in [0.717, 1.165) is 30.7 Å². The number of anilines is 2. The Morgan fingerprint density at radius 1 is 1.25 bits per heavy atom. The third-order valence-corrected chi connectivity index (χ3v) is 4.94. The maximum absolute atomic E-state index is 6.05. The van der Waals surface area contributed by atoms with Crippen LogP contribution in [0.15, 0.2) is 36.5 Å². The topological polar surface area (TPSA) is 45.5 Å². The number of rotatable bonds is 3. The van der Waals surface area contributed by atoms with Crippen LogP contribution < -0.4 is 10.2 Å². The lowest BCUT2D eigenvalue weighted by Gasteiger charge is -2.31. The summed E-state index contributed by atoms with van der Waals surface area (Å²) in [5, 5.41) is 8.14. The van der Waals surface area contributed by atoms with Gasteiger partial charge in [-0.3, -0.25) is 0 Å². The summed E-state index contributed by atoms with van der Waals surface area (Å²) in [6.45, 7) is 3.14. The second kappa shape index (κ2) is 6.07. The number of nitrogens with one attached hydrogen (secondary N) is 1. The molecule has 2 aromatic heterocycles. The average Bonchev–Trinajstić information content (AvgIpc) is 3.01. The molecule has 0 bridgehead atoms. The number of hydrogen-bond acceptors (Lipinski definition) is 4. The van der Waals surface area contributed by atoms with Gasteiger partial charge in [0.05, 0.1) is 17.6 Å². The molecule has 0 aliphatic carbocycles. The van der Waals surface area contributed by atoms with Crippen molar-refractivity contribution in [2.75, 3.05) is 18.5 Å². The van der Waals surface area contributed by atoms with E-state index in [1.807, 2.05) is 17.8 Å². The van der Waals surface area contributed by atoms with Gasteiger partial charge in [-0.2, -0.15) is 5.10 Å². The van der Waals surface area contributed by atoms with Crippen LogP contribution in [0.5, 0.6) is 0 Å². The fourth-order valence-electron chi connectivity index (χ4n) is 3.31. The lowest BCUT2D eigenvalue weighted by atomic mass is 10.0. The van der Waals surface area contributed by atoms with Crippen LogP contribution in [0.3, 0.4) is 0 Å². The molecule has 0 spiro atoms. The molecular weight excluding hydrogens is 322 g/mol. The SMILES string of the molecule is CN[C@H](C)c1ccc(N2CCCc3c2cnc2cc(Cl)nn32)cc1. The predicted octanol–water partition coefficient (Wildman–Crippen LogP) is 3.75. The van der Waals surface area contributed by atoms with Crippen LogP contribution in [0.25, 0.3) is 5.65 Å². The van der Waals surface area contributed by atoms with Gasteiger partial charge in [0.15, 0.2) is 10.8 Å². The molecule has 5 nitrogen and oxygen atoms in total. The minimum Gasteiger partial charge on any atom is -0.339 e. The third-order valence-electron chi connectivity index (χ3n) is 4.76. The Labute approximate surface area is 146 Å². The van der Waals surface area contributed by atoms with Gasteiger partial charge in [0.25, 0.3) is 0 Å². The van der Waals surface area contributed by atoms with E-state index in [4.69, 9.17) is 11.6 Å². The van der Waals surface area contributed by atoms with Crippen molar-refractivity contribution >= 4 is 28.6 Å². The molecule has 0 unspecified atom stereocenters. The highest BCUT2D eigenvalue weighted by Gasteiger charge is 2.22. The van der Waals surface area contributed by atoms with Crippen molar-refractivity contribution in [1.82, 2.24) is 19.9 Å². The summed E-state index contributed by atoms with van der Waals surface area (Å²) >= 11 is 6.05. The van der Waals surface area contributed by atoms with E-state index in [0.29, 0.717) is 11.2 Å². The van der Waals surface area contributed by atoms with Crippen LogP contribution in [-0.4, -0.2) is 28.2 Å². The Hall–Kier alpha value is -2.11. The molecule has 3 aromatic rings. The van der Waals surface area contributed by atoms with Crippen LogP contribution >= 0.6 is 11.6 Å². The van der Waals surface area contributed by atoms with Crippen molar-refractivity contribution in [3.63, 3.8) is 0 Å². The largest absolute Gasteiger partial charge is 0.339 e. The van der Waals surface area contributed by atoms with Gasteiger partial charge in [0.2, 0.25) is 0 Å². The number of nitrogens with zero attached hydrogens (tertiary/aromatic N) is 4. The van der Waals surface area contributed by atoms with E-state index >= 15 is 0 Å². The van der Waals surface area contributed by atoms with E-state index in [9.17, 15) is 0 Å². The van der Waals surface area contributed by atoms with Crippen molar-refractivity contribution in [1.29, 1.82) is 0 Å². The van der Waals surface area contributed by atoms with Gasteiger partial charge in [0, 0.05) is 24.3 Å². The highest BCUT2D eigenvalue weighted by atomic mass is 35.5. The molecule has 1 aromatic carbocycles. The molecule has 24 heavy (non-hydrogen) atoms. The monoisotopic (exact) mass is 341 g/mol. The maximum Gasteiger partial charge on any atom is 0.156 e. The van der Waals surface area contributed by atoms with Crippen LogP contribution in [0.1, 0.15) is 30.6 Å². The fraction of sp³-hybridized carbons (Fsp3) is 0.333. The number of fused-ring (bicyclic) bond motifs is 3. The molecule has 1 N–H and O–H groups in total. The summed E-state index contributed by atoms with van der Waals surface area (Å²) in [6, 6.07) is 10.9. The molecular formula is C18H20ClN5. The molecule has 0 fully saturated rings. The molecule has 6 heteroatoms. The normalized spacial score (nSPS) is 15.5. The summed E-state index contributed by atoms with van der Waals surface area (Å²) < 4.78 is 1.88. The molecule has 124 valence electrons. The van der Waals surface area contributed by atoms with Gasteiger partial charge in [-0.1, -0.05) is 23.7 Å². The highest BCUT2D eigenvalue weighted by Crippen LogP contribution is 2.34.